The van der Waals surface area contributed by atoms with Gasteiger partial charge in [-0.25, -0.2) is 0 Å². The average molecular weight is 315 g/mol. The van der Waals surface area contributed by atoms with Crippen molar-refractivity contribution < 1.29 is 21.8 Å². The van der Waals surface area contributed by atoms with Crippen LogP contribution in [-0.2, 0) is 21.8 Å². The van der Waals surface area contributed by atoms with Gasteiger partial charge in [-0.15, -0.1) is 11.6 Å². The maximum absolute atomic E-state index is 4.64. The van der Waals surface area contributed by atoms with Crippen LogP contribution in [0.1, 0.15) is 26.7 Å². The normalized spacial score (nSPS) is 17.1. The van der Waals surface area contributed by atoms with Gasteiger partial charge in [-0.3, -0.25) is 0 Å². The van der Waals surface area contributed by atoms with Crippen molar-refractivity contribution in [2.45, 2.75) is 30.3 Å². The van der Waals surface area contributed by atoms with Crippen molar-refractivity contribution in [2.75, 3.05) is 6.38 Å². The molecule has 0 nitrogen and oxygen atoms in total. The zero-order valence-corrected chi connectivity index (χ0v) is 13.5. The molecule has 0 atom stereocenters. The van der Waals surface area contributed by atoms with E-state index in [0.29, 0.717) is 0 Å². The van der Waals surface area contributed by atoms with Crippen LogP contribution in [0.3, 0.4) is 0 Å². The van der Waals surface area contributed by atoms with E-state index in [9.17, 15) is 0 Å². The molecule has 2 rings (SSSR count). The van der Waals surface area contributed by atoms with Crippen molar-refractivity contribution in [1.29, 1.82) is 0 Å². The first kappa shape index (κ1) is 14.2. The molecule has 0 N–H and O–H groups in total. The van der Waals surface area contributed by atoms with Crippen LogP contribution in [0.5, 0.6) is 0 Å². The Balaban J connectivity index is 0.000000606. The van der Waals surface area contributed by atoms with Crippen LogP contribution < -0.4 is 0 Å². The summed E-state index contributed by atoms with van der Waals surface area (Å²) in [6.45, 7) is 4.82. The van der Waals surface area contributed by atoms with Crippen LogP contribution in [0, 0.1) is 0 Å². The number of allylic oxidation sites excluding steroid dienone is 8. The summed E-state index contributed by atoms with van der Waals surface area (Å²) in [6.07, 6.45) is 17.8. The topological polar surface area (TPSA) is 0 Å². The predicted molar refractivity (Wildman–Crippen MR) is 70.6 cm³/mol. The van der Waals surface area contributed by atoms with Crippen molar-refractivity contribution in [1.82, 2.24) is 0 Å². The summed E-state index contributed by atoms with van der Waals surface area (Å²) in [6, 6.07) is 0. The Kier molecular flexibility index (Phi) is 6.62. The van der Waals surface area contributed by atoms with Crippen LogP contribution in [0.4, 0.5) is 0 Å². The number of alkyl halides is 1. The zero-order valence-electron chi connectivity index (χ0n) is 10.3. The van der Waals surface area contributed by atoms with E-state index in [1.165, 1.54) is 19.2 Å². The Morgan fingerprint density at radius 3 is 1.69 bits per heavy atom. The standard InChI is InChI=1S/2C5H5.C3H7.CH3Cl.Zr/c2*1-2-4-5-3-1;1-3-2;1-2;/h2*1-3H,4H2;3H,1-2H3;1H3;. The van der Waals surface area contributed by atoms with Gasteiger partial charge in [0.25, 0.3) is 0 Å². The summed E-state index contributed by atoms with van der Waals surface area (Å²) in [4.78, 5) is 0. The van der Waals surface area contributed by atoms with E-state index in [-0.39, 0.29) is 0 Å². The van der Waals surface area contributed by atoms with Crippen molar-refractivity contribution in [3.63, 3.8) is 0 Å². The summed E-state index contributed by atoms with van der Waals surface area (Å²) in [7, 11) is 0. The summed E-state index contributed by atoms with van der Waals surface area (Å²) >= 11 is 3.21. The van der Waals surface area contributed by atoms with Gasteiger partial charge in [-0.2, -0.15) is 0 Å². The molecule has 0 bridgehead atoms. The first-order chi connectivity index (χ1) is 7.79. The van der Waals surface area contributed by atoms with E-state index >= 15 is 0 Å². The van der Waals surface area contributed by atoms with Gasteiger partial charge >= 0.3 is 95.1 Å². The van der Waals surface area contributed by atoms with Gasteiger partial charge in [0.2, 0.25) is 0 Å². The SMILES string of the molecule is CCl.C[CH](C)[Zr]([C]1=CC=CC1)[C]1=CC=CC1. The Morgan fingerprint density at radius 1 is 1.00 bits per heavy atom. The third-order valence-electron chi connectivity index (χ3n) is 2.81. The van der Waals surface area contributed by atoms with Crippen molar-refractivity contribution >= 4 is 11.6 Å². The summed E-state index contributed by atoms with van der Waals surface area (Å²) in [5, 5.41) is 0. The van der Waals surface area contributed by atoms with Crippen molar-refractivity contribution in [3.05, 3.63) is 43.0 Å². The van der Waals surface area contributed by atoms with Gasteiger partial charge < -0.3 is 0 Å². The second-order valence-corrected chi connectivity index (χ2v) is 12.2. The van der Waals surface area contributed by atoms with E-state index in [1.54, 1.807) is 6.56 Å². The molecular formula is C14H20ClZr. The first-order valence-electron chi connectivity index (χ1n) is 5.76. The molecule has 0 amide bonds. The van der Waals surface area contributed by atoms with E-state index < -0.39 is 21.8 Å². The molecular weight excluding hydrogens is 295 g/mol. The molecule has 0 saturated carbocycles. The predicted octanol–water partition coefficient (Wildman–Crippen LogP) is 4.98. The van der Waals surface area contributed by atoms with Crippen molar-refractivity contribution in [2.24, 2.45) is 0 Å². The zero-order chi connectivity index (χ0) is 12.0. The monoisotopic (exact) mass is 313 g/mol. The Hall–Kier alpha value is 0.133. The minimum absolute atomic E-state index is 0.912. The molecule has 16 heavy (non-hydrogen) atoms. The Morgan fingerprint density at radius 2 is 1.44 bits per heavy atom. The fourth-order valence-corrected chi connectivity index (χ4v) is 9.92. The number of rotatable bonds is 3. The second-order valence-electron chi connectivity index (χ2n) is 4.22. The van der Waals surface area contributed by atoms with Gasteiger partial charge in [0.15, 0.2) is 0 Å². The van der Waals surface area contributed by atoms with E-state index in [2.05, 4.69) is 61.9 Å². The molecule has 0 spiro atoms. The van der Waals surface area contributed by atoms with E-state index in [0.717, 1.165) is 3.63 Å². The van der Waals surface area contributed by atoms with Crippen LogP contribution in [0.2, 0.25) is 3.63 Å². The minimum atomic E-state index is -1.43. The average Bonchev–Trinajstić information content (AvgIpc) is 2.93. The fraction of sp³-hybridized carbons (Fsp3) is 0.429. The number of hydrogen-bond acceptors (Lipinski definition) is 0. The van der Waals surface area contributed by atoms with Crippen LogP contribution in [-0.4, -0.2) is 6.38 Å². The molecule has 0 fully saturated rings. The molecule has 0 unspecified atom stereocenters. The molecule has 2 aliphatic rings. The third-order valence-corrected chi connectivity index (χ3v) is 10.9. The maximum atomic E-state index is 4.64. The molecule has 2 heteroatoms. The Bertz CT molecular complexity index is 305. The molecule has 0 saturated heterocycles. The van der Waals surface area contributed by atoms with Crippen molar-refractivity contribution in [3.8, 4) is 0 Å². The molecule has 0 aromatic rings. The second kappa shape index (κ2) is 7.46. The summed E-state index contributed by atoms with van der Waals surface area (Å²) in [5.41, 5.74) is 0. The molecule has 2 aliphatic carbocycles. The van der Waals surface area contributed by atoms with Crippen LogP contribution in [0.15, 0.2) is 43.0 Å². The molecule has 0 heterocycles. The molecule has 0 aromatic heterocycles. The quantitative estimate of drug-likeness (QED) is 0.645. The molecule has 0 aromatic carbocycles. The van der Waals surface area contributed by atoms with E-state index in [1.807, 2.05) is 0 Å². The third kappa shape index (κ3) is 3.57. The van der Waals surface area contributed by atoms with Gasteiger partial charge in [0, 0.05) is 6.38 Å². The summed E-state index contributed by atoms with van der Waals surface area (Å²) in [5.74, 6) is 0. The number of halogens is 1. The number of hydrogen-bond donors (Lipinski definition) is 0. The van der Waals surface area contributed by atoms with Gasteiger partial charge in [-0.05, 0) is 0 Å². The fourth-order valence-electron chi connectivity index (χ4n) is 2.24. The molecule has 0 aliphatic heterocycles. The van der Waals surface area contributed by atoms with E-state index in [4.69, 9.17) is 0 Å². The molecule has 0 radical (unpaired) electrons. The Labute approximate surface area is 112 Å². The van der Waals surface area contributed by atoms with Crippen LogP contribution in [0.25, 0.3) is 0 Å². The molecule has 87 valence electrons. The van der Waals surface area contributed by atoms with Gasteiger partial charge in [0.05, 0.1) is 0 Å². The van der Waals surface area contributed by atoms with Crippen LogP contribution >= 0.6 is 11.6 Å². The van der Waals surface area contributed by atoms with Gasteiger partial charge in [0.1, 0.15) is 0 Å². The summed E-state index contributed by atoms with van der Waals surface area (Å²) < 4.78 is 4.49. The van der Waals surface area contributed by atoms with Gasteiger partial charge in [-0.1, -0.05) is 0 Å². The first-order valence-corrected chi connectivity index (χ1v) is 10.4.